The van der Waals surface area contributed by atoms with Crippen molar-refractivity contribution in [1.82, 2.24) is 0 Å². The third kappa shape index (κ3) is 1.82. The van der Waals surface area contributed by atoms with E-state index in [-0.39, 0.29) is 11.3 Å². The van der Waals surface area contributed by atoms with Crippen molar-refractivity contribution in [3.8, 4) is 5.75 Å². The highest BCUT2D eigenvalue weighted by Crippen LogP contribution is 2.60. The summed E-state index contributed by atoms with van der Waals surface area (Å²) in [6.45, 7) is 4.39. The lowest BCUT2D eigenvalue weighted by molar-refractivity contribution is -0.131. The van der Waals surface area contributed by atoms with E-state index in [1.165, 1.54) is 24.0 Å². The molecule has 0 unspecified atom stereocenters. The molecule has 0 aromatic heterocycles. The van der Waals surface area contributed by atoms with Crippen molar-refractivity contribution in [2.45, 2.75) is 51.9 Å². The molecule has 2 heteroatoms. The molecule has 3 aliphatic rings. The van der Waals surface area contributed by atoms with Crippen molar-refractivity contribution in [3.63, 3.8) is 0 Å². The van der Waals surface area contributed by atoms with Crippen LogP contribution in [0.2, 0.25) is 0 Å². The number of aryl methyl sites for hydroxylation is 1. The van der Waals surface area contributed by atoms with Gasteiger partial charge in [-0.3, -0.25) is 4.79 Å². The summed E-state index contributed by atoms with van der Waals surface area (Å²) >= 11 is 0. The molecule has 0 aliphatic heterocycles. The molecule has 0 N–H and O–H groups in total. The van der Waals surface area contributed by atoms with Gasteiger partial charge in [-0.25, -0.2) is 0 Å². The van der Waals surface area contributed by atoms with Crippen LogP contribution in [0.25, 0.3) is 0 Å². The molecule has 1 aromatic carbocycles. The molecule has 118 valence electrons. The molecule has 5 atom stereocenters. The Kier molecular flexibility index (Phi) is 3.15. The molecule has 0 saturated heterocycles. The van der Waals surface area contributed by atoms with E-state index in [1.807, 2.05) is 0 Å². The molecule has 2 nitrogen and oxygen atoms in total. The van der Waals surface area contributed by atoms with Crippen LogP contribution in [0, 0.1) is 23.2 Å². The molecule has 0 bridgehead atoms. The minimum absolute atomic E-state index is 0.0371. The van der Waals surface area contributed by atoms with Gasteiger partial charge in [0.25, 0.3) is 0 Å². The number of ketones is 1. The van der Waals surface area contributed by atoms with E-state index < -0.39 is 0 Å². The zero-order chi connectivity index (χ0) is 15.5. The fourth-order valence-electron chi connectivity index (χ4n) is 5.80. The van der Waals surface area contributed by atoms with Crippen LogP contribution >= 0.6 is 0 Å². The first-order chi connectivity index (χ1) is 10.5. The largest absolute Gasteiger partial charge is 0.497 e. The summed E-state index contributed by atoms with van der Waals surface area (Å²) in [5.41, 5.74) is 2.97. The molecule has 1 aromatic rings. The second-order valence-corrected chi connectivity index (χ2v) is 7.94. The van der Waals surface area contributed by atoms with Gasteiger partial charge in [-0.15, -0.1) is 0 Å². The normalized spacial score (nSPS) is 39.9. The minimum Gasteiger partial charge on any atom is -0.497 e. The van der Waals surface area contributed by atoms with Crippen LogP contribution in [-0.2, 0) is 11.2 Å². The lowest BCUT2D eigenvalue weighted by Crippen LogP contribution is -2.42. The van der Waals surface area contributed by atoms with E-state index in [2.05, 4.69) is 32.0 Å². The van der Waals surface area contributed by atoms with Gasteiger partial charge >= 0.3 is 0 Å². The molecule has 3 aliphatic carbocycles. The third-order valence-electron chi connectivity index (χ3n) is 6.94. The van der Waals surface area contributed by atoms with E-state index >= 15 is 0 Å². The Balaban J connectivity index is 1.70. The quantitative estimate of drug-likeness (QED) is 0.769. The van der Waals surface area contributed by atoms with Crippen molar-refractivity contribution in [2.75, 3.05) is 7.11 Å². The van der Waals surface area contributed by atoms with Gasteiger partial charge in [0.2, 0.25) is 0 Å². The van der Waals surface area contributed by atoms with E-state index in [4.69, 9.17) is 4.74 Å². The predicted molar refractivity (Wildman–Crippen MR) is 87.2 cm³/mol. The number of rotatable bonds is 1. The topological polar surface area (TPSA) is 26.3 Å². The lowest BCUT2D eigenvalue weighted by Gasteiger charge is -2.48. The molecular formula is C20H26O2. The summed E-state index contributed by atoms with van der Waals surface area (Å²) in [4.78, 5) is 12.6. The molecule has 0 heterocycles. The third-order valence-corrected chi connectivity index (χ3v) is 6.94. The van der Waals surface area contributed by atoms with Crippen LogP contribution in [0.15, 0.2) is 18.2 Å². The monoisotopic (exact) mass is 298 g/mol. The van der Waals surface area contributed by atoms with E-state index in [1.54, 1.807) is 7.11 Å². The van der Waals surface area contributed by atoms with Crippen LogP contribution in [-0.4, -0.2) is 12.9 Å². The maximum absolute atomic E-state index is 12.6. The SMILES string of the molecule is COc1ccc2c(c1)CC[C@@H]1[C@@H]2CC[C@]2(C)C(=O)[C@@H](C)C[C@@H]12. The molecular weight excluding hydrogens is 272 g/mol. The minimum atomic E-state index is -0.0371. The average Bonchev–Trinajstić information content (AvgIpc) is 2.77. The molecule has 0 spiro atoms. The maximum Gasteiger partial charge on any atom is 0.141 e. The highest BCUT2D eigenvalue weighted by atomic mass is 16.5. The van der Waals surface area contributed by atoms with Gasteiger partial charge in [0.15, 0.2) is 0 Å². The average molecular weight is 298 g/mol. The van der Waals surface area contributed by atoms with Crippen molar-refractivity contribution < 1.29 is 9.53 Å². The summed E-state index contributed by atoms with van der Waals surface area (Å²) in [6.07, 6.45) is 5.75. The number of hydrogen-bond acceptors (Lipinski definition) is 2. The zero-order valence-electron chi connectivity index (χ0n) is 13.9. The van der Waals surface area contributed by atoms with Gasteiger partial charge in [-0.2, -0.15) is 0 Å². The van der Waals surface area contributed by atoms with Crippen molar-refractivity contribution in [3.05, 3.63) is 29.3 Å². The Hall–Kier alpha value is -1.31. The number of methoxy groups -OCH3 is 1. The summed E-state index contributed by atoms with van der Waals surface area (Å²) in [5, 5.41) is 0. The first kappa shape index (κ1) is 14.3. The van der Waals surface area contributed by atoms with Gasteiger partial charge in [0.1, 0.15) is 11.5 Å². The Morgan fingerprint density at radius 1 is 1.27 bits per heavy atom. The van der Waals surface area contributed by atoms with Gasteiger partial charge in [-0.1, -0.05) is 19.9 Å². The van der Waals surface area contributed by atoms with E-state index in [9.17, 15) is 4.79 Å². The lowest BCUT2D eigenvalue weighted by atomic mass is 9.55. The van der Waals surface area contributed by atoms with Crippen LogP contribution in [0.1, 0.15) is 56.6 Å². The first-order valence-electron chi connectivity index (χ1n) is 8.75. The van der Waals surface area contributed by atoms with E-state index in [0.717, 1.165) is 25.0 Å². The number of carbonyl (C=O) groups excluding carboxylic acids is 1. The van der Waals surface area contributed by atoms with Gasteiger partial charge in [0, 0.05) is 11.3 Å². The standard InChI is InChI=1S/C20H26O2/c1-12-10-18-17-6-4-13-11-14(22-3)5-7-15(13)16(17)8-9-20(18,2)19(12)21/h5,7,11-12,16-18H,4,6,8-10H2,1-3H3/t12-,16+,17+,18-,20-/m0/s1. The second-order valence-electron chi connectivity index (χ2n) is 7.94. The highest BCUT2D eigenvalue weighted by Gasteiger charge is 2.56. The summed E-state index contributed by atoms with van der Waals surface area (Å²) in [7, 11) is 1.74. The zero-order valence-corrected chi connectivity index (χ0v) is 13.9. The number of ether oxygens (including phenoxy) is 1. The smallest absolute Gasteiger partial charge is 0.141 e. The summed E-state index contributed by atoms with van der Waals surface area (Å²) in [6, 6.07) is 6.62. The second kappa shape index (κ2) is 4.84. The molecule has 0 radical (unpaired) electrons. The number of hydrogen-bond donors (Lipinski definition) is 0. The van der Waals surface area contributed by atoms with Crippen molar-refractivity contribution in [1.29, 1.82) is 0 Å². The summed E-state index contributed by atoms with van der Waals surface area (Å²) in [5.74, 6) is 3.74. The molecule has 2 fully saturated rings. The van der Waals surface area contributed by atoms with Crippen LogP contribution in [0.4, 0.5) is 0 Å². The van der Waals surface area contributed by atoms with E-state index in [0.29, 0.717) is 23.5 Å². The summed E-state index contributed by atoms with van der Waals surface area (Å²) < 4.78 is 5.39. The number of fused-ring (bicyclic) bond motifs is 5. The highest BCUT2D eigenvalue weighted by molar-refractivity contribution is 5.89. The van der Waals surface area contributed by atoms with Crippen molar-refractivity contribution >= 4 is 5.78 Å². The molecule has 2 saturated carbocycles. The fraction of sp³-hybridized carbons (Fsp3) is 0.650. The van der Waals surface area contributed by atoms with Crippen molar-refractivity contribution in [2.24, 2.45) is 23.2 Å². The fourth-order valence-corrected chi connectivity index (χ4v) is 5.80. The Labute approximate surface area is 133 Å². The molecule has 4 rings (SSSR count). The van der Waals surface area contributed by atoms with Crippen LogP contribution < -0.4 is 4.74 Å². The van der Waals surface area contributed by atoms with Gasteiger partial charge in [-0.05, 0) is 73.1 Å². The van der Waals surface area contributed by atoms with Crippen LogP contribution in [0.5, 0.6) is 5.75 Å². The molecule has 22 heavy (non-hydrogen) atoms. The first-order valence-corrected chi connectivity index (χ1v) is 8.75. The number of carbonyl (C=O) groups is 1. The van der Waals surface area contributed by atoms with Crippen LogP contribution in [0.3, 0.4) is 0 Å². The van der Waals surface area contributed by atoms with Gasteiger partial charge in [0.05, 0.1) is 7.11 Å². The Morgan fingerprint density at radius 3 is 2.86 bits per heavy atom. The number of Topliss-reactive ketones (excluding diaryl/α,β-unsaturated/α-hetero) is 1. The Morgan fingerprint density at radius 2 is 2.09 bits per heavy atom. The maximum atomic E-state index is 12.6. The Bertz CT molecular complexity index is 620. The molecule has 0 amide bonds. The predicted octanol–water partition coefficient (Wildman–Crippen LogP) is 4.37. The number of benzene rings is 1. The van der Waals surface area contributed by atoms with Gasteiger partial charge < -0.3 is 4.74 Å².